The molecule has 188 valence electrons. The van der Waals surface area contributed by atoms with E-state index in [9.17, 15) is 18.0 Å². The fourth-order valence-corrected chi connectivity index (χ4v) is 6.81. The van der Waals surface area contributed by atoms with E-state index in [-0.39, 0.29) is 24.5 Å². The van der Waals surface area contributed by atoms with E-state index in [1.54, 1.807) is 4.90 Å². The van der Waals surface area contributed by atoms with Crippen molar-refractivity contribution >= 4 is 38.4 Å². The van der Waals surface area contributed by atoms with Gasteiger partial charge in [0.05, 0.1) is 23.2 Å². The highest BCUT2D eigenvalue weighted by atomic mass is 32.2. The second-order valence-corrected chi connectivity index (χ2v) is 11.7. The predicted molar refractivity (Wildman–Crippen MR) is 137 cm³/mol. The van der Waals surface area contributed by atoms with Crippen molar-refractivity contribution < 1.29 is 18.0 Å². The van der Waals surface area contributed by atoms with E-state index in [1.807, 2.05) is 54.4 Å². The van der Waals surface area contributed by atoms with Gasteiger partial charge in [0.25, 0.3) is 5.91 Å². The lowest BCUT2D eigenvalue weighted by Gasteiger charge is -2.46. The summed E-state index contributed by atoms with van der Waals surface area (Å²) >= 11 is 0. The molecular weight excluding hydrogens is 478 g/mol. The van der Waals surface area contributed by atoms with Crippen molar-refractivity contribution in [1.82, 2.24) is 18.7 Å². The number of nitrogens with zero attached hydrogens (tertiary/aromatic N) is 5. The van der Waals surface area contributed by atoms with Crippen LogP contribution in [0.1, 0.15) is 27.8 Å². The Labute approximate surface area is 210 Å². The van der Waals surface area contributed by atoms with E-state index in [1.165, 1.54) is 16.1 Å². The standard InChI is InChI=1S/C26H29N5O4S/c1-27-21-9-5-4-8-20(21)26(33)30-12-11-19-18-7-3-6-10-22(18)31(24(19)25(27)30)17-23(32)28-13-15-29(16-14-28)36(2,34)35/h3-10,25H,11-17H2,1-2H3/t25-/m1/s1. The van der Waals surface area contributed by atoms with Crippen molar-refractivity contribution in [2.24, 2.45) is 0 Å². The molecule has 1 saturated heterocycles. The SMILES string of the molecule is CN1c2ccccc2C(=O)N2CCc3c(n(CC(=O)N4CCN(S(C)(=O)=O)CC4)c4ccccc34)[C@@H]21. The van der Waals surface area contributed by atoms with Crippen LogP contribution in [0.5, 0.6) is 0 Å². The summed E-state index contributed by atoms with van der Waals surface area (Å²) in [6.45, 7) is 2.11. The first-order valence-electron chi connectivity index (χ1n) is 12.2. The van der Waals surface area contributed by atoms with Crippen molar-refractivity contribution in [1.29, 1.82) is 0 Å². The summed E-state index contributed by atoms with van der Waals surface area (Å²) < 4.78 is 27.3. The number of anilines is 1. The van der Waals surface area contributed by atoms with E-state index in [0.717, 1.165) is 28.7 Å². The molecular formula is C26H29N5O4S. The van der Waals surface area contributed by atoms with Gasteiger partial charge in [-0.3, -0.25) is 9.59 Å². The normalized spacial score (nSPS) is 20.3. The molecule has 0 unspecified atom stereocenters. The monoisotopic (exact) mass is 507 g/mol. The number of benzene rings is 2. The van der Waals surface area contributed by atoms with Gasteiger partial charge in [0.2, 0.25) is 15.9 Å². The zero-order valence-electron chi connectivity index (χ0n) is 20.4. The fraction of sp³-hybridized carbons (Fsp3) is 0.385. The Morgan fingerprint density at radius 1 is 0.972 bits per heavy atom. The summed E-state index contributed by atoms with van der Waals surface area (Å²) in [7, 11) is -1.26. The maximum atomic E-state index is 13.5. The molecule has 2 amide bonds. The molecule has 0 bridgehead atoms. The molecule has 3 aliphatic heterocycles. The molecule has 1 aromatic heterocycles. The average Bonchev–Trinajstić information content (AvgIpc) is 3.20. The maximum Gasteiger partial charge on any atom is 0.257 e. The number of hydrogen-bond donors (Lipinski definition) is 0. The van der Waals surface area contributed by atoms with Gasteiger partial charge in [-0.15, -0.1) is 0 Å². The number of piperazine rings is 1. The third-order valence-electron chi connectivity index (χ3n) is 7.76. The van der Waals surface area contributed by atoms with Crippen LogP contribution in [0, 0.1) is 0 Å². The summed E-state index contributed by atoms with van der Waals surface area (Å²) in [5, 5.41) is 1.11. The van der Waals surface area contributed by atoms with Crippen molar-refractivity contribution in [3.63, 3.8) is 0 Å². The molecule has 3 aliphatic rings. The van der Waals surface area contributed by atoms with E-state index < -0.39 is 10.0 Å². The van der Waals surface area contributed by atoms with Gasteiger partial charge in [-0.1, -0.05) is 30.3 Å². The van der Waals surface area contributed by atoms with Crippen LogP contribution in [0.2, 0.25) is 0 Å². The van der Waals surface area contributed by atoms with Gasteiger partial charge in [0, 0.05) is 50.7 Å². The number of carbonyl (C=O) groups excluding carboxylic acids is 2. The Hall–Kier alpha value is -3.37. The van der Waals surface area contributed by atoms with Gasteiger partial charge in [-0.25, -0.2) is 8.42 Å². The van der Waals surface area contributed by atoms with Gasteiger partial charge in [0.1, 0.15) is 12.7 Å². The van der Waals surface area contributed by atoms with Crippen LogP contribution in [-0.2, 0) is 27.8 Å². The lowest BCUT2D eigenvalue weighted by molar-refractivity contribution is -0.133. The van der Waals surface area contributed by atoms with Gasteiger partial charge in [-0.2, -0.15) is 4.31 Å². The average molecular weight is 508 g/mol. The Kier molecular flexibility index (Phi) is 5.34. The molecule has 10 heteroatoms. The third-order valence-corrected chi connectivity index (χ3v) is 9.06. The van der Waals surface area contributed by atoms with Crippen molar-refractivity contribution in [3.8, 4) is 0 Å². The van der Waals surface area contributed by atoms with Gasteiger partial charge >= 0.3 is 0 Å². The lowest BCUT2D eigenvalue weighted by Crippen LogP contribution is -2.52. The molecule has 0 aliphatic carbocycles. The van der Waals surface area contributed by atoms with Crippen LogP contribution < -0.4 is 4.90 Å². The molecule has 4 heterocycles. The number of para-hydroxylation sites is 2. The van der Waals surface area contributed by atoms with Crippen LogP contribution in [-0.4, -0.2) is 84.9 Å². The first-order valence-corrected chi connectivity index (χ1v) is 14.1. The first kappa shape index (κ1) is 23.1. The smallest absolute Gasteiger partial charge is 0.257 e. The molecule has 2 aromatic carbocycles. The Bertz CT molecular complexity index is 1490. The van der Waals surface area contributed by atoms with Gasteiger partial charge < -0.3 is 19.3 Å². The summed E-state index contributed by atoms with van der Waals surface area (Å²) in [6, 6.07) is 15.8. The summed E-state index contributed by atoms with van der Waals surface area (Å²) in [6.07, 6.45) is 1.62. The minimum Gasteiger partial charge on any atom is -0.349 e. The quantitative estimate of drug-likeness (QED) is 0.541. The molecule has 0 spiro atoms. The van der Waals surface area contributed by atoms with E-state index in [0.29, 0.717) is 38.3 Å². The molecule has 1 fully saturated rings. The minimum absolute atomic E-state index is 0.0133. The second-order valence-electron chi connectivity index (χ2n) is 9.76. The molecule has 0 saturated carbocycles. The highest BCUT2D eigenvalue weighted by molar-refractivity contribution is 7.88. The van der Waals surface area contributed by atoms with Crippen LogP contribution in [0.15, 0.2) is 48.5 Å². The van der Waals surface area contributed by atoms with Gasteiger partial charge in [-0.05, 0) is 30.2 Å². The van der Waals surface area contributed by atoms with Crippen LogP contribution in [0.3, 0.4) is 0 Å². The van der Waals surface area contributed by atoms with Crippen molar-refractivity contribution in [2.75, 3.05) is 50.9 Å². The van der Waals surface area contributed by atoms with E-state index >= 15 is 0 Å². The maximum absolute atomic E-state index is 13.5. The van der Waals surface area contributed by atoms with Gasteiger partial charge in [0.15, 0.2) is 0 Å². The number of fused-ring (bicyclic) bond motifs is 6. The van der Waals surface area contributed by atoms with E-state index in [2.05, 4.69) is 15.5 Å². The highest BCUT2D eigenvalue weighted by Crippen LogP contribution is 2.44. The molecule has 36 heavy (non-hydrogen) atoms. The number of aromatic nitrogens is 1. The fourth-order valence-electron chi connectivity index (χ4n) is 5.98. The zero-order valence-corrected chi connectivity index (χ0v) is 21.2. The molecule has 0 N–H and O–H groups in total. The number of sulfonamides is 1. The molecule has 3 aromatic rings. The Morgan fingerprint density at radius 3 is 2.42 bits per heavy atom. The van der Waals surface area contributed by atoms with E-state index in [4.69, 9.17) is 0 Å². The third kappa shape index (κ3) is 3.50. The van der Waals surface area contributed by atoms with Crippen molar-refractivity contribution in [2.45, 2.75) is 19.1 Å². The Morgan fingerprint density at radius 2 is 1.67 bits per heavy atom. The number of amides is 2. The minimum atomic E-state index is -3.27. The topological polar surface area (TPSA) is 86.2 Å². The largest absolute Gasteiger partial charge is 0.349 e. The predicted octanol–water partition coefficient (Wildman–Crippen LogP) is 1.89. The number of hydrogen-bond acceptors (Lipinski definition) is 5. The van der Waals surface area contributed by atoms with Crippen LogP contribution >= 0.6 is 0 Å². The second kappa shape index (κ2) is 8.35. The van der Waals surface area contributed by atoms with Crippen LogP contribution in [0.25, 0.3) is 10.9 Å². The van der Waals surface area contributed by atoms with Crippen LogP contribution in [0.4, 0.5) is 5.69 Å². The lowest BCUT2D eigenvalue weighted by atomic mass is 9.96. The van der Waals surface area contributed by atoms with Crippen molar-refractivity contribution in [3.05, 3.63) is 65.4 Å². The first-order chi connectivity index (χ1) is 17.3. The summed E-state index contributed by atoms with van der Waals surface area (Å²) in [4.78, 5) is 32.8. The summed E-state index contributed by atoms with van der Waals surface area (Å²) in [5.74, 6) is -0.0339. The molecule has 0 radical (unpaired) electrons. The Balaban J connectivity index is 1.39. The summed E-state index contributed by atoms with van der Waals surface area (Å²) in [5.41, 5.74) is 4.72. The molecule has 9 nitrogen and oxygen atoms in total. The molecule has 1 atom stereocenters. The number of rotatable bonds is 3. The molecule has 6 rings (SSSR count). The zero-order chi connectivity index (χ0) is 25.2. The highest BCUT2D eigenvalue weighted by Gasteiger charge is 2.43. The number of carbonyl (C=O) groups is 2.